The molecule has 0 saturated heterocycles. The predicted octanol–water partition coefficient (Wildman–Crippen LogP) is 2.52. The zero-order valence-corrected chi connectivity index (χ0v) is 14.9. The Morgan fingerprint density at radius 2 is 1.91 bits per heavy atom. The van der Waals surface area contributed by atoms with Gasteiger partial charge in [-0.25, -0.2) is 8.42 Å². The summed E-state index contributed by atoms with van der Waals surface area (Å²) in [6, 6.07) is 5.90. The van der Waals surface area contributed by atoms with Gasteiger partial charge in [-0.1, -0.05) is 30.5 Å². The monoisotopic (exact) mass is 338 g/mol. The lowest BCUT2D eigenvalue weighted by Crippen LogP contribution is -2.37. The number of nitrogens with zero attached hydrogens (tertiary/aromatic N) is 1. The Morgan fingerprint density at radius 3 is 2.48 bits per heavy atom. The average Bonchev–Trinajstić information content (AvgIpc) is 2.92. The van der Waals surface area contributed by atoms with Crippen molar-refractivity contribution in [1.29, 1.82) is 0 Å². The third-order valence-electron chi connectivity index (χ3n) is 4.28. The molecule has 0 aliphatic heterocycles. The molecule has 1 saturated carbocycles. The Balaban J connectivity index is 2.06. The zero-order chi connectivity index (χ0) is 17.0. The van der Waals surface area contributed by atoms with Crippen LogP contribution in [0.2, 0.25) is 0 Å². The van der Waals surface area contributed by atoms with Gasteiger partial charge in [0.2, 0.25) is 15.9 Å². The Labute approximate surface area is 139 Å². The van der Waals surface area contributed by atoms with Crippen LogP contribution in [0.25, 0.3) is 0 Å². The standard InChI is InChI=1S/C17H26N2O3S/c1-13-8-9-16(14(2)12-13)19(23(3,21)22)11-10-17(20)18-15-6-4-5-7-15/h8-9,12,15H,4-7,10-11H2,1-3H3,(H,18,20). The van der Waals surface area contributed by atoms with Gasteiger partial charge in [0.15, 0.2) is 0 Å². The van der Waals surface area contributed by atoms with Crippen LogP contribution in [0.4, 0.5) is 5.69 Å². The molecule has 1 aromatic rings. The van der Waals surface area contributed by atoms with Crippen LogP contribution in [0.3, 0.4) is 0 Å². The molecule has 1 N–H and O–H groups in total. The third kappa shape index (κ3) is 4.96. The molecule has 23 heavy (non-hydrogen) atoms. The molecular formula is C17H26N2O3S. The van der Waals surface area contributed by atoms with E-state index in [0.717, 1.165) is 36.8 Å². The summed E-state index contributed by atoms with van der Waals surface area (Å²) >= 11 is 0. The number of benzene rings is 1. The van der Waals surface area contributed by atoms with Crippen molar-refractivity contribution < 1.29 is 13.2 Å². The van der Waals surface area contributed by atoms with Crippen molar-refractivity contribution in [3.63, 3.8) is 0 Å². The van der Waals surface area contributed by atoms with Crippen molar-refractivity contribution in [3.05, 3.63) is 29.3 Å². The molecule has 5 nitrogen and oxygen atoms in total. The van der Waals surface area contributed by atoms with Gasteiger partial charge in [-0.15, -0.1) is 0 Å². The fourth-order valence-corrected chi connectivity index (χ4v) is 4.11. The largest absolute Gasteiger partial charge is 0.353 e. The first kappa shape index (κ1) is 17.8. The number of hydrogen-bond donors (Lipinski definition) is 1. The lowest BCUT2D eigenvalue weighted by Gasteiger charge is -2.24. The van der Waals surface area contributed by atoms with Crippen molar-refractivity contribution in [1.82, 2.24) is 5.32 Å². The van der Waals surface area contributed by atoms with E-state index in [0.29, 0.717) is 5.69 Å². The molecule has 6 heteroatoms. The summed E-state index contributed by atoms with van der Waals surface area (Å²) in [7, 11) is -3.42. The lowest BCUT2D eigenvalue weighted by atomic mass is 10.1. The molecule has 1 aliphatic rings. The molecule has 128 valence electrons. The fraction of sp³-hybridized carbons (Fsp3) is 0.588. The highest BCUT2D eigenvalue weighted by Gasteiger charge is 2.22. The SMILES string of the molecule is Cc1ccc(N(CCC(=O)NC2CCCC2)S(C)(=O)=O)c(C)c1. The fourth-order valence-electron chi connectivity index (χ4n) is 3.12. The maximum absolute atomic E-state index is 12.1. The van der Waals surface area contributed by atoms with Crippen LogP contribution >= 0.6 is 0 Å². The molecule has 0 spiro atoms. The van der Waals surface area contributed by atoms with E-state index < -0.39 is 10.0 Å². The Kier molecular flexibility index (Phi) is 5.68. The second-order valence-electron chi connectivity index (χ2n) is 6.42. The van der Waals surface area contributed by atoms with E-state index in [4.69, 9.17) is 0 Å². The number of anilines is 1. The highest BCUT2D eigenvalue weighted by atomic mass is 32.2. The molecule has 0 atom stereocenters. The molecule has 0 unspecified atom stereocenters. The molecule has 1 aliphatic carbocycles. The topological polar surface area (TPSA) is 66.5 Å². The van der Waals surface area contributed by atoms with Gasteiger partial charge < -0.3 is 5.32 Å². The van der Waals surface area contributed by atoms with Crippen LogP contribution in [0.1, 0.15) is 43.2 Å². The number of nitrogens with one attached hydrogen (secondary N) is 1. The van der Waals surface area contributed by atoms with Gasteiger partial charge in [0.25, 0.3) is 0 Å². The summed E-state index contributed by atoms with van der Waals surface area (Å²) < 4.78 is 25.6. The summed E-state index contributed by atoms with van der Waals surface area (Å²) in [5.41, 5.74) is 2.62. The average molecular weight is 338 g/mol. The minimum Gasteiger partial charge on any atom is -0.353 e. The van der Waals surface area contributed by atoms with Gasteiger partial charge >= 0.3 is 0 Å². The van der Waals surface area contributed by atoms with Crippen LogP contribution < -0.4 is 9.62 Å². The summed E-state index contributed by atoms with van der Waals surface area (Å²) in [5, 5.41) is 3.00. The normalized spacial score (nSPS) is 15.6. The predicted molar refractivity (Wildman–Crippen MR) is 93.1 cm³/mol. The minimum atomic E-state index is -3.42. The van der Waals surface area contributed by atoms with Crippen molar-refractivity contribution in [2.45, 2.75) is 52.0 Å². The van der Waals surface area contributed by atoms with Gasteiger partial charge in [-0.05, 0) is 38.3 Å². The van der Waals surface area contributed by atoms with E-state index in [1.54, 1.807) is 6.07 Å². The Hall–Kier alpha value is -1.56. The second-order valence-corrected chi connectivity index (χ2v) is 8.33. The van der Waals surface area contributed by atoms with Gasteiger partial charge in [-0.2, -0.15) is 0 Å². The summed E-state index contributed by atoms with van der Waals surface area (Å²) in [6.45, 7) is 4.02. The number of amides is 1. The molecule has 1 amide bonds. The van der Waals surface area contributed by atoms with Crippen LogP contribution in [-0.4, -0.2) is 33.2 Å². The summed E-state index contributed by atoms with van der Waals surface area (Å²) in [4.78, 5) is 12.1. The van der Waals surface area contributed by atoms with Gasteiger partial charge in [-0.3, -0.25) is 9.10 Å². The van der Waals surface area contributed by atoms with E-state index in [2.05, 4.69) is 5.32 Å². The number of hydrogen-bond acceptors (Lipinski definition) is 3. The number of sulfonamides is 1. The van der Waals surface area contributed by atoms with E-state index in [1.807, 2.05) is 26.0 Å². The van der Waals surface area contributed by atoms with Crippen molar-refractivity contribution in [3.8, 4) is 0 Å². The number of rotatable bonds is 6. The smallest absolute Gasteiger partial charge is 0.232 e. The molecule has 0 bridgehead atoms. The highest BCUT2D eigenvalue weighted by Crippen LogP contribution is 2.24. The number of carbonyl (C=O) groups excluding carboxylic acids is 1. The molecule has 0 aromatic heterocycles. The first-order valence-electron chi connectivity index (χ1n) is 8.11. The van der Waals surface area contributed by atoms with Gasteiger partial charge in [0.05, 0.1) is 11.9 Å². The van der Waals surface area contributed by atoms with Gasteiger partial charge in [0, 0.05) is 19.0 Å². The summed E-state index contributed by atoms with van der Waals surface area (Å²) in [6.07, 6.45) is 5.72. The molecule has 0 heterocycles. The molecule has 1 aromatic carbocycles. The maximum Gasteiger partial charge on any atom is 0.232 e. The molecule has 2 rings (SSSR count). The quantitative estimate of drug-likeness (QED) is 0.867. The van der Waals surface area contributed by atoms with E-state index in [9.17, 15) is 13.2 Å². The first-order chi connectivity index (χ1) is 10.8. The third-order valence-corrected chi connectivity index (χ3v) is 5.46. The van der Waals surface area contributed by atoms with Crippen molar-refractivity contribution >= 4 is 21.6 Å². The first-order valence-corrected chi connectivity index (χ1v) is 9.96. The van der Waals surface area contributed by atoms with Crippen LogP contribution in [0.15, 0.2) is 18.2 Å². The molecule has 0 radical (unpaired) electrons. The van der Waals surface area contributed by atoms with Crippen LogP contribution in [-0.2, 0) is 14.8 Å². The Bertz CT molecular complexity index is 664. The molecular weight excluding hydrogens is 312 g/mol. The van der Waals surface area contributed by atoms with Crippen LogP contribution in [0, 0.1) is 13.8 Å². The number of aryl methyl sites for hydroxylation is 2. The van der Waals surface area contributed by atoms with E-state index >= 15 is 0 Å². The maximum atomic E-state index is 12.1. The zero-order valence-electron chi connectivity index (χ0n) is 14.1. The van der Waals surface area contributed by atoms with Crippen molar-refractivity contribution in [2.24, 2.45) is 0 Å². The highest BCUT2D eigenvalue weighted by molar-refractivity contribution is 7.92. The van der Waals surface area contributed by atoms with Crippen molar-refractivity contribution in [2.75, 3.05) is 17.1 Å². The lowest BCUT2D eigenvalue weighted by molar-refractivity contribution is -0.121. The second kappa shape index (κ2) is 7.34. The van der Waals surface area contributed by atoms with Gasteiger partial charge in [0.1, 0.15) is 0 Å². The van der Waals surface area contributed by atoms with E-state index in [-0.39, 0.29) is 24.9 Å². The van der Waals surface area contributed by atoms with Crippen LogP contribution in [0.5, 0.6) is 0 Å². The minimum absolute atomic E-state index is 0.0738. The Morgan fingerprint density at radius 1 is 1.26 bits per heavy atom. The number of carbonyl (C=O) groups is 1. The molecule has 1 fully saturated rings. The summed E-state index contributed by atoms with van der Waals surface area (Å²) in [5.74, 6) is -0.0738. The van der Waals surface area contributed by atoms with E-state index in [1.165, 1.54) is 10.6 Å².